The lowest BCUT2D eigenvalue weighted by Gasteiger charge is -2.23. The van der Waals surface area contributed by atoms with Crippen molar-refractivity contribution in [2.24, 2.45) is 0 Å². The first-order valence-electron chi connectivity index (χ1n) is 7.54. The summed E-state index contributed by atoms with van der Waals surface area (Å²) in [6, 6.07) is 16.4. The van der Waals surface area contributed by atoms with Crippen LogP contribution in [0.3, 0.4) is 0 Å². The van der Waals surface area contributed by atoms with Gasteiger partial charge >= 0.3 is 0 Å². The van der Waals surface area contributed by atoms with Gasteiger partial charge < -0.3 is 9.47 Å². The summed E-state index contributed by atoms with van der Waals surface area (Å²) >= 11 is 0. The van der Waals surface area contributed by atoms with Crippen molar-refractivity contribution in [1.82, 2.24) is 4.98 Å². The number of benzene rings is 1. The van der Waals surface area contributed by atoms with Gasteiger partial charge in [0, 0.05) is 37.4 Å². The van der Waals surface area contributed by atoms with E-state index in [9.17, 15) is 0 Å². The van der Waals surface area contributed by atoms with E-state index in [1.54, 1.807) is 0 Å². The largest absolute Gasteiger partial charge is 0.353 e. The standard InChI is InChI=1S/C18H23NO2/c1-3-20-18(21-4-2)14-16(15-10-6-5-7-11-15)17-12-8-9-13-19-17/h5-13,16,18H,3-4,14H2,1-2H3. The summed E-state index contributed by atoms with van der Waals surface area (Å²) in [5, 5.41) is 0. The van der Waals surface area contributed by atoms with Gasteiger partial charge in [-0.25, -0.2) is 0 Å². The third-order valence-corrected chi connectivity index (χ3v) is 3.38. The van der Waals surface area contributed by atoms with E-state index >= 15 is 0 Å². The number of hydrogen-bond acceptors (Lipinski definition) is 3. The number of pyridine rings is 1. The topological polar surface area (TPSA) is 31.4 Å². The van der Waals surface area contributed by atoms with E-state index in [1.165, 1.54) is 5.56 Å². The summed E-state index contributed by atoms with van der Waals surface area (Å²) in [5.41, 5.74) is 2.29. The molecule has 1 atom stereocenters. The summed E-state index contributed by atoms with van der Waals surface area (Å²) in [4.78, 5) is 4.52. The van der Waals surface area contributed by atoms with Gasteiger partial charge in [-0.05, 0) is 31.5 Å². The maximum Gasteiger partial charge on any atom is 0.158 e. The average molecular weight is 285 g/mol. The molecule has 0 spiro atoms. The Morgan fingerprint density at radius 3 is 2.14 bits per heavy atom. The molecular formula is C18H23NO2. The number of hydrogen-bond donors (Lipinski definition) is 0. The minimum atomic E-state index is -0.202. The third kappa shape index (κ3) is 4.66. The molecule has 2 rings (SSSR count). The lowest BCUT2D eigenvalue weighted by Crippen LogP contribution is -2.21. The van der Waals surface area contributed by atoms with Crippen LogP contribution >= 0.6 is 0 Å². The average Bonchev–Trinajstić information content (AvgIpc) is 2.54. The van der Waals surface area contributed by atoms with E-state index in [0.717, 1.165) is 12.1 Å². The van der Waals surface area contributed by atoms with Crippen molar-refractivity contribution in [2.75, 3.05) is 13.2 Å². The predicted molar refractivity (Wildman–Crippen MR) is 84.2 cm³/mol. The molecule has 0 saturated carbocycles. The molecule has 1 unspecified atom stereocenters. The van der Waals surface area contributed by atoms with E-state index in [4.69, 9.17) is 9.47 Å². The fourth-order valence-corrected chi connectivity index (χ4v) is 2.44. The molecule has 1 aromatic carbocycles. The second-order valence-corrected chi connectivity index (χ2v) is 4.79. The minimum Gasteiger partial charge on any atom is -0.353 e. The van der Waals surface area contributed by atoms with Crippen molar-refractivity contribution < 1.29 is 9.47 Å². The summed E-state index contributed by atoms with van der Waals surface area (Å²) in [5.74, 6) is 0.176. The first kappa shape index (κ1) is 15.7. The number of rotatable bonds is 8. The van der Waals surface area contributed by atoms with E-state index in [1.807, 2.05) is 38.2 Å². The molecule has 0 radical (unpaired) electrons. The van der Waals surface area contributed by atoms with Gasteiger partial charge in [0.15, 0.2) is 6.29 Å². The minimum absolute atomic E-state index is 0.176. The smallest absolute Gasteiger partial charge is 0.158 e. The monoisotopic (exact) mass is 285 g/mol. The quantitative estimate of drug-likeness (QED) is 0.687. The van der Waals surface area contributed by atoms with Crippen LogP contribution in [0.1, 0.15) is 37.4 Å². The van der Waals surface area contributed by atoms with Crippen LogP contribution in [-0.2, 0) is 9.47 Å². The number of nitrogens with zero attached hydrogens (tertiary/aromatic N) is 1. The molecule has 21 heavy (non-hydrogen) atoms. The SMILES string of the molecule is CCOC(CC(c1ccccc1)c1ccccn1)OCC. The van der Waals surface area contributed by atoms with Gasteiger partial charge in [0.2, 0.25) is 0 Å². The van der Waals surface area contributed by atoms with Gasteiger partial charge in [-0.3, -0.25) is 4.98 Å². The zero-order valence-corrected chi connectivity index (χ0v) is 12.7. The Balaban J connectivity index is 2.24. The number of aromatic nitrogens is 1. The molecule has 0 bridgehead atoms. The first-order chi connectivity index (χ1) is 10.3. The molecule has 0 saturated heterocycles. The van der Waals surface area contributed by atoms with Crippen LogP contribution in [0.25, 0.3) is 0 Å². The molecule has 0 aliphatic heterocycles. The first-order valence-corrected chi connectivity index (χ1v) is 7.54. The molecule has 2 aromatic rings. The zero-order chi connectivity index (χ0) is 14.9. The fourth-order valence-electron chi connectivity index (χ4n) is 2.44. The Bertz CT molecular complexity index is 456. The summed E-state index contributed by atoms with van der Waals surface area (Å²) < 4.78 is 11.4. The lowest BCUT2D eigenvalue weighted by atomic mass is 9.91. The van der Waals surface area contributed by atoms with Crippen molar-refractivity contribution in [1.29, 1.82) is 0 Å². The van der Waals surface area contributed by atoms with Gasteiger partial charge in [0.25, 0.3) is 0 Å². The van der Waals surface area contributed by atoms with Crippen molar-refractivity contribution in [3.63, 3.8) is 0 Å². The Morgan fingerprint density at radius 2 is 1.57 bits per heavy atom. The van der Waals surface area contributed by atoms with E-state index in [2.05, 4.69) is 35.3 Å². The molecule has 0 aliphatic carbocycles. The van der Waals surface area contributed by atoms with Gasteiger partial charge in [-0.1, -0.05) is 36.4 Å². The van der Waals surface area contributed by atoms with Crippen LogP contribution in [0.5, 0.6) is 0 Å². The third-order valence-electron chi connectivity index (χ3n) is 3.38. The highest BCUT2D eigenvalue weighted by atomic mass is 16.7. The highest BCUT2D eigenvalue weighted by molar-refractivity contribution is 5.28. The van der Waals surface area contributed by atoms with Gasteiger partial charge in [0.05, 0.1) is 0 Å². The second kappa shape index (κ2) is 8.55. The molecule has 112 valence electrons. The van der Waals surface area contributed by atoms with E-state index < -0.39 is 0 Å². The summed E-state index contributed by atoms with van der Waals surface area (Å²) in [6.07, 6.45) is 2.40. The molecule has 0 N–H and O–H groups in total. The number of ether oxygens (including phenoxy) is 2. The lowest BCUT2D eigenvalue weighted by molar-refractivity contribution is -0.141. The summed E-state index contributed by atoms with van der Waals surface area (Å²) in [7, 11) is 0. The normalized spacial score (nSPS) is 12.5. The second-order valence-electron chi connectivity index (χ2n) is 4.79. The van der Waals surface area contributed by atoms with Crippen molar-refractivity contribution in [3.05, 3.63) is 66.0 Å². The fraction of sp³-hybridized carbons (Fsp3) is 0.389. The molecule has 0 aliphatic rings. The van der Waals surface area contributed by atoms with Crippen LogP contribution in [-0.4, -0.2) is 24.5 Å². The van der Waals surface area contributed by atoms with Gasteiger partial charge in [0.1, 0.15) is 0 Å². The maximum atomic E-state index is 5.71. The van der Waals surface area contributed by atoms with Gasteiger partial charge in [-0.15, -0.1) is 0 Å². The molecular weight excluding hydrogens is 262 g/mol. The molecule has 3 nitrogen and oxygen atoms in total. The van der Waals surface area contributed by atoms with Crippen LogP contribution in [0, 0.1) is 0 Å². The van der Waals surface area contributed by atoms with Gasteiger partial charge in [-0.2, -0.15) is 0 Å². The predicted octanol–water partition coefficient (Wildman–Crippen LogP) is 4.00. The van der Waals surface area contributed by atoms with Crippen molar-refractivity contribution >= 4 is 0 Å². The molecule has 1 heterocycles. The zero-order valence-electron chi connectivity index (χ0n) is 12.7. The highest BCUT2D eigenvalue weighted by Gasteiger charge is 2.21. The van der Waals surface area contributed by atoms with Crippen LogP contribution in [0.4, 0.5) is 0 Å². The van der Waals surface area contributed by atoms with Crippen molar-refractivity contribution in [3.8, 4) is 0 Å². The Morgan fingerprint density at radius 1 is 0.905 bits per heavy atom. The van der Waals surface area contributed by atoms with Crippen molar-refractivity contribution in [2.45, 2.75) is 32.5 Å². The molecule has 3 heteroatoms. The maximum absolute atomic E-state index is 5.71. The van der Waals surface area contributed by atoms with Crippen LogP contribution in [0.15, 0.2) is 54.7 Å². The molecule has 0 fully saturated rings. The summed E-state index contributed by atoms with van der Waals surface area (Å²) in [6.45, 7) is 5.28. The molecule has 0 amide bonds. The van der Waals surface area contributed by atoms with E-state index in [-0.39, 0.29) is 12.2 Å². The van der Waals surface area contributed by atoms with Crippen LogP contribution in [0.2, 0.25) is 0 Å². The highest BCUT2D eigenvalue weighted by Crippen LogP contribution is 2.28. The van der Waals surface area contributed by atoms with Crippen LogP contribution < -0.4 is 0 Å². The Hall–Kier alpha value is -1.71. The Labute approximate surface area is 126 Å². The molecule has 1 aromatic heterocycles. The van der Waals surface area contributed by atoms with E-state index in [0.29, 0.717) is 13.2 Å². The Kier molecular flexibility index (Phi) is 6.38.